The second-order valence-electron chi connectivity index (χ2n) is 6.63. The van der Waals surface area contributed by atoms with E-state index in [2.05, 4.69) is 46.8 Å². The molecule has 8 heteroatoms. The number of anilines is 1. The summed E-state index contributed by atoms with van der Waals surface area (Å²) in [6, 6.07) is 14.0. The van der Waals surface area contributed by atoms with Crippen LogP contribution in [0.15, 0.2) is 47.5 Å². The fraction of sp³-hybridized carbons (Fsp3) is 0.409. The zero-order chi connectivity index (χ0) is 21.2. The number of likely N-dealkylation sites (N-methyl/N-ethyl adjacent to an activating group) is 1. The molecule has 2 aromatic carbocycles. The molecule has 0 amide bonds. The molecule has 166 valence electrons. The highest BCUT2D eigenvalue weighted by Gasteiger charge is 2.15. The molecule has 0 aliphatic rings. The Morgan fingerprint density at radius 3 is 2.27 bits per heavy atom. The minimum atomic E-state index is 0. The number of hydrogen-bond acceptors (Lipinski definition) is 5. The average molecular weight is 528 g/mol. The molecule has 0 saturated carbocycles. The number of methoxy groups -OCH3 is 2. The lowest BCUT2D eigenvalue weighted by Gasteiger charge is -2.26. The lowest BCUT2D eigenvalue weighted by atomic mass is 10.1. The molecule has 0 radical (unpaired) electrons. The van der Waals surface area contributed by atoms with Gasteiger partial charge in [0.25, 0.3) is 0 Å². The van der Waals surface area contributed by atoms with Gasteiger partial charge < -0.3 is 29.7 Å². The molecule has 2 N–H and O–H groups in total. The van der Waals surface area contributed by atoms with Gasteiger partial charge in [-0.15, -0.1) is 24.0 Å². The zero-order valence-corrected chi connectivity index (χ0v) is 20.9. The van der Waals surface area contributed by atoms with Gasteiger partial charge in [0.2, 0.25) is 0 Å². The van der Waals surface area contributed by atoms with Crippen LogP contribution in [0.1, 0.15) is 18.5 Å². The normalized spacial score (nSPS) is 12.0. The van der Waals surface area contributed by atoms with E-state index in [-0.39, 0.29) is 30.0 Å². The monoisotopic (exact) mass is 528 g/mol. The molecule has 0 spiro atoms. The van der Waals surface area contributed by atoms with Gasteiger partial charge in [0.1, 0.15) is 5.75 Å². The number of hydrogen-bond donors (Lipinski definition) is 2. The molecule has 30 heavy (non-hydrogen) atoms. The fourth-order valence-corrected chi connectivity index (χ4v) is 2.95. The third kappa shape index (κ3) is 7.24. The second-order valence-corrected chi connectivity index (χ2v) is 6.63. The average Bonchev–Trinajstić information content (AvgIpc) is 2.74. The van der Waals surface area contributed by atoms with E-state index in [1.54, 1.807) is 21.3 Å². The minimum Gasteiger partial charge on any atom is -0.497 e. The molecule has 0 heterocycles. The van der Waals surface area contributed by atoms with E-state index in [0.29, 0.717) is 24.9 Å². The van der Waals surface area contributed by atoms with Gasteiger partial charge in [0.05, 0.1) is 26.9 Å². The Labute approximate surface area is 196 Å². The van der Waals surface area contributed by atoms with E-state index in [9.17, 15) is 0 Å². The Morgan fingerprint density at radius 2 is 1.73 bits per heavy atom. The van der Waals surface area contributed by atoms with Crippen LogP contribution in [0.4, 0.5) is 5.69 Å². The number of benzene rings is 2. The van der Waals surface area contributed by atoms with Gasteiger partial charge in [-0.25, -0.2) is 0 Å². The smallest absolute Gasteiger partial charge is 0.195 e. The fourth-order valence-electron chi connectivity index (χ4n) is 2.95. The van der Waals surface area contributed by atoms with Gasteiger partial charge in [-0.1, -0.05) is 12.1 Å². The van der Waals surface area contributed by atoms with E-state index in [0.717, 1.165) is 17.2 Å². The molecule has 0 fully saturated rings. The molecular formula is C22H33IN4O3. The Morgan fingerprint density at radius 1 is 1.03 bits per heavy atom. The van der Waals surface area contributed by atoms with Gasteiger partial charge in [0, 0.05) is 25.3 Å². The zero-order valence-electron chi connectivity index (χ0n) is 18.6. The third-order valence-corrected chi connectivity index (χ3v) is 4.54. The largest absolute Gasteiger partial charge is 0.497 e. The van der Waals surface area contributed by atoms with Crippen LogP contribution in [0.5, 0.6) is 17.2 Å². The topological polar surface area (TPSA) is 67.3 Å². The van der Waals surface area contributed by atoms with Crippen molar-refractivity contribution in [2.75, 3.05) is 53.8 Å². The first-order valence-corrected chi connectivity index (χ1v) is 9.61. The summed E-state index contributed by atoms with van der Waals surface area (Å²) in [5.74, 6) is 2.92. The van der Waals surface area contributed by atoms with Crippen molar-refractivity contribution in [1.29, 1.82) is 0 Å². The minimum absolute atomic E-state index is 0. The number of halogens is 1. The van der Waals surface area contributed by atoms with Crippen LogP contribution in [-0.4, -0.2) is 59.4 Å². The molecule has 1 unspecified atom stereocenters. The van der Waals surface area contributed by atoms with Gasteiger partial charge in [-0.05, 0) is 50.8 Å². The highest BCUT2D eigenvalue weighted by molar-refractivity contribution is 14.0. The summed E-state index contributed by atoms with van der Waals surface area (Å²) in [5, 5.41) is 6.70. The van der Waals surface area contributed by atoms with Crippen LogP contribution >= 0.6 is 24.0 Å². The van der Waals surface area contributed by atoms with Crippen molar-refractivity contribution < 1.29 is 14.2 Å². The molecule has 0 aliphatic heterocycles. The predicted octanol–water partition coefficient (Wildman–Crippen LogP) is 4.01. The summed E-state index contributed by atoms with van der Waals surface area (Å²) in [6.45, 7) is 3.22. The Kier molecular flexibility index (Phi) is 11.3. The number of nitrogens with one attached hydrogen (secondary N) is 2. The highest BCUT2D eigenvalue weighted by atomic mass is 127. The van der Waals surface area contributed by atoms with E-state index in [4.69, 9.17) is 14.2 Å². The van der Waals surface area contributed by atoms with Crippen LogP contribution in [0.25, 0.3) is 0 Å². The number of aliphatic imine (C=N–C) groups is 1. The summed E-state index contributed by atoms with van der Waals surface area (Å²) < 4.78 is 16.2. The van der Waals surface area contributed by atoms with Crippen molar-refractivity contribution in [1.82, 2.24) is 10.2 Å². The van der Waals surface area contributed by atoms with Crippen LogP contribution < -0.4 is 24.8 Å². The Hall–Kier alpha value is -2.20. The quantitative estimate of drug-likeness (QED) is 0.291. The molecule has 2 aromatic rings. The summed E-state index contributed by atoms with van der Waals surface area (Å²) in [5.41, 5.74) is 2.06. The molecule has 0 bridgehead atoms. The molecule has 7 nitrogen and oxygen atoms in total. The molecule has 2 rings (SSSR count). The Bertz CT molecular complexity index is 797. The van der Waals surface area contributed by atoms with Crippen LogP contribution in [0.3, 0.4) is 0 Å². The lowest BCUT2D eigenvalue weighted by molar-refractivity contribution is 0.298. The maximum Gasteiger partial charge on any atom is 0.195 e. The Balaban J connectivity index is 0.00000450. The van der Waals surface area contributed by atoms with Gasteiger partial charge >= 0.3 is 0 Å². The van der Waals surface area contributed by atoms with Crippen molar-refractivity contribution in [2.45, 2.75) is 13.0 Å². The SMILES string of the molecule is CCOc1ccc(NC(=NC)NCC(c2ccc(OC)cc2)N(C)C)cc1OC.I. The second kappa shape index (κ2) is 13.2. The molecule has 0 saturated heterocycles. The van der Waals surface area contributed by atoms with Crippen molar-refractivity contribution >= 4 is 35.6 Å². The summed E-state index contributed by atoms with van der Waals surface area (Å²) in [4.78, 5) is 6.50. The molecule has 0 aliphatic carbocycles. The molecule has 0 aromatic heterocycles. The maximum absolute atomic E-state index is 5.57. The van der Waals surface area contributed by atoms with Crippen molar-refractivity contribution in [3.63, 3.8) is 0 Å². The predicted molar refractivity (Wildman–Crippen MR) is 134 cm³/mol. The van der Waals surface area contributed by atoms with Gasteiger partial charge in [0.15, 0.2) is 17.5 Å². The van der Waals surface area contributed by atoms with E-state index < -0.39 is 0 Å². The van der Waals surface area contributed by atoms with Crippen molar-refractivity contribution in [2.24, 2.45) is 4.99 Å². The molecular weight excluding hydrogens is 495 g/mol. The van der Waals surface area contributed by atoms with Gasteiger partial charge in [-0.3, -0.25) is 4.99 Å². The lowest BCUT2D eigenvalue weighted by Crippen LogP contribution is -2.38. The first-order valence-electron chi connectivity index (χ1n) is 9.61. The van der Waals surface area contributed by atoms with Gasteiger partial charge in [-0.2, -0.15) is 0 Å². The van der Waals surface area contributed by atoms with Crippen LogP contribution in [-0.2, 0) is 0 Å². The summed E-state index contributed by atoms with van der Waals surface area (Å²) >= 11 is 0. The summed E-state index contributed by atoms with van der Waals surface area (Å²) in [7, 11) is 9.17. The first-order chi connectivity index (χ1) is 14.0. The van der Waals surface area contributed by atoms with E-state index in [1.807, 2.05) is 37.3 Å². The standard InChI is InChI=1S/C22H32N4O3.HI/c1-7-29-20-13-10-17(14-21(20)28-6)25-22(23-2)24-15-19(26(3)4)16-8-11-18(27-5)12-9-16;/h8-14,19H,7,15H2,1-6H3,(H2,23,24,25);1H. The number of rotatable bonds is 9. The number of guanidine groups is 1. The summed E-state index contributed by atoms with van der Waals surface area (Å²) in [6.07, 6.45) is 0. The first kappa shape index (κ1) is 25.8. The maximum atomic E-state index is 5.57. The highest BCUT2D eigenvalue weighted by Crippen LogP contribution is 2.30. The number of nitrogens with zero attached hydrogens (tertiary/aromatic N) is 2. The number of ether oxygens (including phenoxy) is 3. The van der Waals surface area contributed by atoms with Crippen molar-refractivity contribution in [3.05, 3.63) is 48.0 Å². The van der Waals surface area contributed by atoms with Crippen LogP contribution in [0, 0.1) is 0 Å². The van der Waals surface area contributed by atoms with Crippen molar-refractivity contribution in [3.8, 4) is 17.2 Å². The van der Waals surface area contributed by atoms with E-state index in [1.165, 1.54) is 5.56 Å². The van der Waals surface area contributed by atoms with Crippen LogP contribution in [0.2, 0.25) is 0 Å². The van der Waals surface area contributed by atoms with E-state index >= 15 is 0 Å². The molecule has 1 atom stereocenters. The third-order valence-electron chi connectivity index (χ3n) is 4.54.